The van der Waals surface area contributed by atoms with Gasteiger partial charge in [-0.3, -0.25) is 4.90 Å². The van der Waals surface area contributed by atoms with Crippen LogP contribution in [0.15, 0.2) is 23.2 Å². The molecule has 2 aliphatic rings. The predicted molar refractivity (Wildman–Crippen MR) is 110 cm³/mol. The summed E-state index contributed by atoms with van der Waals surface area (Å²) in [6.07, 6.45) is 1.06. The maximum absolute atomic E-state index is 15.0. The lowest BCUT2D eigenvalue weighted by molar-refractivity contribution is 0.0187. The van der Waals surface area contributed by atoms with Crippen molar-refractivity contribution >= 4 is 28.7 Å². The first-order valence-electron chi connectivity index (χ1n) is 9.42. The lowest BCUT2D eigenvalue weighted by Crippen LogP contribution is -2.53. The molecule has 154 valence electrons. The Morgan fingerprint density at radius 1 is 1.43 bits per heavy atom. The standard InChI is InChI=1S/C20H28FN3O3S/c1-19(2,3)24(18(25)26)17-23-20(15-9-13(22)6-8-16(15)21)10-14(27-4)7-5-12(20)11-28-17/h6,8-9,12,14H,5,7,10-11,22H2,1-4H3,(H,25,26)/t12-,14-,20-/m0/s1. The number of aliphatic imine (C=N–C) groups is 1. The highest BCUT2D eigenvalue weighted by Crippen LogP contribution is 2.51. The van der Waals surface area contributed by atoms with Gasteiger partial charge >= 0.3 is 6.09 Å². The van der Waals surface area contributed by atoms with Gasteiger partial charge in [-0.15, -0.1) is 0 Å². The topological polar surface area (TPSA) is 88.1 Å². The minimum Gasteiger partial charge on any atom is -0.465 e. The number of carboxylic acid groups (broad SMARTS) is 1. The fraction of sp³-hybridized carbons (Fsp3) is 0.600. The van der Waals surface area contributed by atoms with Gasteiger partial charge < -0.3 is 15.6 Å². The number of amides is 1. The molecule has 0 saturated heterocycles. The summed E-state index contributed by atoms with van der Waals surface area (Å²) in [6, 6.07) is 4.53. The maximum Gasteiger partial charge on any atom is 0.413 e. The molecule has 3 atom stereocenters. The van der Waals surface area contributed by atoms with Gasteiger partial charge in [0.25, 0.3) is 0 Å². The molecule has 8 heteroatoms. The van der Waals surface area contributed by atoms with Gasteiger partial charge in [-0.25, -0.2) is 14.2 Å². The number of hydrogen-bond donors (Lipinski definition) is 2. The van der Waals surface area contributed by atoms with Crippen molar-refractivity contribution in [3.05, 3.63) is 29.6 Å². The normalized spacial score (nSPS) is 27.7. The molecule has 1 fully saturated rings. The van der Waals surface area contributed by atoms with Crippen LogP contribution in [-0.4, -0.2) is 45.8 Å². The number of amidine groups is 1. The second-order valence-corrected chi connectivity index (χ2v) is 9.48. The smallest absolute Gasteiger partial charge is 0.413 e. The number of thioether (sulfide) groups is 1. The van der Waals surface area contributed by atoms with Gasteiger partial charge in [-0.1, -0.05) is 11.8 Å². The molecule has 0 radical (unpaired) electrons. The summed E-state index contributed by atoms with van der Waals surface area (Å²) in [5.74, 6) is 0.381. The zero-order chi connectivity index (χ0) is 20.7. The van der Waals surface area contributed by atoms with Crippen LogP contribution in [0.25, 0.3) is 0 Å². The first-order chi connectivity index (χ1) is 13.1. The molecule has 1 aliphatic carbocycles. The van der Waals surface area contributed by atoms with E-state index in [1.165, 1.54) is 28.8 Å². The number of rotatable bonds is 2. The van der Waals surface area contributed by atoms with Gasteiger partial charge in [0.1, 0.15) is 5.82 Å². The molecule has 1 aromatic carbocycles. The molecule has 28 heavy (non-hydrogen) atoms. The highest BCUT2D eigenvalue weighted by molar-refractivity contribution is 8.13. The molecule has 1 aliphatic heterocycles. The monoisotopic (exact) mass is 409 g/mol. The summed E-state index contributed by atoms with van der Waals surface area (Å²) in [5, 5.41) is 10.2. The Morgan fingerprint density at radius 2 is 2.14 bits per heavy atom. The van der Waals surface area contributed by atoms with Gasteiger partial charge in [0, 0.05) is 36.1 Å². The number of nitrogens with two attached hydrogens (primary N) is 1. The highest BCUT2D eigenvalue weighted by Gasteiger charge is 2.50. The molecule has 0 bridgehead atoms. The van der Waals surface area contributed by atoms with Crippen LogP contribution in [0.4, 0.5) is 14.9 Å². The number of nitrogens with zero attached hydrogens (tertiary/aromatic N) is 2. The van der Waals surface area contributed by atoms with Crippen LogP contribution in [0.2, 0.25) is 0 Å². The van der Waals surface area contributed by atoms with Crippen molar-refractivity contribution in [2.75, 3.05) is 18.6 Å². The van der Waals surface area contributed by atoms with E-state index >= 15 is 0 Å². The molecule has 0 spiro atoms. The second kappa shape index (κ2) is 7.55. The van der Waals surface area contributed by atoms with Gasteiger partial charge in [0.15, 0.2) is 5.17 Å². The van der Waals surface area contributed by atoms with Crippen LogP contribution in [0, 0.1) is 11.7 Å². The Balaban J connectivity index is 2.20. The first kappa shape index (κ1) is 20.9. The van der Waals surface area contributed by atoms with E-state index in [0.717, 1.165) is 12.8 Å². The molecule has 3 rings (SSSR count). The van der Waals surface area contributed by atoms with Crippen LogP contribution in [0.5, 0.6) is 0 Å². The third kappa shape index (κ3) is 3.72. The molecule has 3 N–H and O–H groups in total. The molecule has 1 aromatic rings. The Hall–Kier alpha value is -1.80. The summed E-state index contributed by atoms with van der Waals surface area (Å²) in [7, 11) is 1.65. The van der Waals surface area contributed by atoms with Crippen LogP contribution < -0.4 is 5.73 Å². The van der Waals surface area contributed by atoms with Crippen molar-refractivity contribution in [3.63, 3.8) is 0 Å². The number of anilines is 1. The van der Waals surface area contributed by atoms with Crippen LogP contribution in [0.1, 0.15) is 45.6 Å². The van der Waals surface area contributed by atoms with Crippen molar-refractivity contribution in [3.8, 4) is 0 Å². The molecular weight excluding hydrogens is 381 g/mol. The van der Waals surface area contributed by atoms with Crippen molar-refractivity contribution in [1.82, 2.24) is 4.90 Å². The first-order valence-corrected chi connectivity index (χ1v) is 10.4. The van der Waals surface area contributed by atoms with Crippen molar-refractivity contribution in [1.29, 1.82) is 0 Å². The van der Waals surface area contributed by atoms with Crippen LogP contribution in [-0.2, 0) is 10.3 Å². The minimum absolute atomic E-state index is 0.0712. The molecule has 6 nitrogen and oxygen atoms in total. The summed E-state index contributed by atoms with van der Waals surface area (Å²) >= 11 is 1.42. The van der Waals surface area contributed by atoms with E-state index in [2.05, 4.69) is 0 Å². The van der Waals surface area contributed by atoms with E-state index < -0.39 is 17.2 Å². The lowest BCUT2D eigenvalue weighted by Gasteiger charge is -2.48. The zero-order valence-electron chi connectivity index (χ0n) is 16.7. The van der Waals surface area contributed by atoms with Crippen molar-refractivity contribution in [2.45, 2.75) is 57.2 Å². The minimum atomic E-state index is -1.07. The second-order valence-electron chi connectivity index (χ2n) is 8.49. The Labute approximate surface area is 169 Å². The number of methoxy groups -OCH3 is 1. The lowest BCUT2D eigenvalue weighted by atomic mass is 9.68. The average molecular weight is 410 g/mol. The summed E-state index contributed by atoms with van der Waals surface area (Å²) < 4.78 is 20.6. The number of halogens is 1. The average Bonchev–Trinajstić information content (AvgIpc) is 2.61. The fourth-order valence-corrected chi connectivity index (χ4v) is 5.72. The van der Waals surface area contributed by atoms with Gasteiger partial charge in [0.05, 0.1) is 11.6 Å². The molecule has 1 amide bonds. The van der Waals surface area contributed by atoms with E-state index in [0.29, 0.717) is 28.6 Å². The number of hydrogen-bond acceptors (Lipinski definition) is 5. The van der Waals surface area contributed by atoms with Gasteiger partial charge in [-0.2, -0.15) is 0 Å². The molecule has 1 saturated carbocycles. The largest absolute Gasteiger partial charge is 0.465 e. The molecule has 1 heterocycles. The zero-order valence-corrected chi connectivity index (χ0v) is 17.6. The van der Waals surface area contributed by atoms with Gasteiger partial charge in [0.2, 0.25) is 0 Å². The summed E-state index contributed by atoms with van der Waals surface area (Å²) in [6.45, 7) is 5.47. The number of nitrogen functional groups attached to an aromatic ring is 1. The fourth-order valence-electron chi connectivity index (χ4n) is 4.21. The number of ether oxygens (including phenoxy) is 1. The number of carbonyl (C=O) groups is 1. The van der Waals surface area contributed by atoms with E-state index in [9.17, 15) is 14.3 Å². The predicted octanol–water partition coefficient (Wildman–Crippen LogP) is 4.30. The maximum atomic E-state index is 15.0. The third-order valence-corrected chi connectivity index (χ3v) is 6.70. The Kier molecular flexibility index (Phi) is 5.64. The number of benzene rings is 1. The third-order valence-electron chi connectivity index (χ3n) is 5.60. The number of fused-ring (bicyclic) bond motifs is 1. The Bertz CT molecular complexity index is 795. The summed E-state index contributed by atoms with van der Waals surface area (Å²) in [5.41, 5.74) is 5.30. The summed E-state index contributed by atoms with van der Waals surface area (Å²) in [4.78, 5) is 18.2. The van der Waals surface area contributed by atoms with E-state index in [-0.39, 0.29) is 17.8 Å². The quantitative estimate of drug-likeness (QED) is 0.711. The van der Waals surface area contributed by atoms with Crippen LogP contribution in [0.3, 0.4) is 0 Å². The molecule has 0 unspecified atom stereocenters. The highest BCUT2D eigenvalue weighted by atomic mass is 32.2. The Morgan fingerprint density at radius 3 is 2.75 bits per heavy atom. The van der Waals surface area contributed by atoms with Crippen molar-refractivity contribution in [2.24, 2.45) is 10.9 Å². The SMILES string of the molecule is CO[C@H]1CC[C@H]2CSC(N(C(=O)O)C(C)(C)C)=N[C@@]2(c2cc(N)ccc2F)C1. The van der Waals surface area contributed by atoms with Crippen LogP contribution >= 0.6 is 11.8 Å². The van der Waals surface area contributed by atoms with E-state index in [1.807, 2.05) is 20.8 Å². The molecular formula is C20H28FN3O3S. The van der Waals surface area contributed by atoms with Crippen molar-refractivity contribution < 1.29 is 19.0 Å². The van der Waals surface area contributed by atoms with E-state index in [4.69, 9.17) is 15.5 Å². The van der Waals surface area contributed by atoms with Gasteiger partial charge in [-0.05, 0) is 57.7 Å². The molecule has 0 aromatic heterocycles. The van der Waals surface area contributed by atoms with E-state index in [1.54, 1.807) is 13.2 Å².